The summed E-state index contributed by atoms with van der Waals surface area (Å²) in [6.45, 7) is 6.89. The van der Waals surface area contributed by atoms with Crippen LogP contribution in [0, 0.1) is 12.8 Å². The van der Waals surface area contributed by atoms with Gasteiger partial charge in [-0.15, -0.1) is 0 Å². The Bertz CT molecular complexity index is 360. The fraction of sp³-hybridized carbons (Fsp3) is 0.571. The Morgan fingerprint density at radius 2 is 2.06 bits per heavy atom. The predicted octanol–water partition coefficient (Wildman–Crippen LogP) is 3.20. The van der Waals surface area contributed by atoms with E-state index in [9.17, 15) is 0 Å². The maximum atomic E-state index is 5.79. The van der Waals surface area contributed by atoms with Gasteiger partial charge in [-0.05, 0) is 55.9 Å². The molecular weight excluding hydrogens is 196 g/mol. The molecule has 2 nitrogen and oxygen atoms in total. The van der Waals surface area contributed by atoms with Crippen LogP contribution in [0.3, 0.4) is 0 Å². The molecule has 1 aromatic rings. The number of hydrogen-bond donors (Lipinski definition) is 1. The summed E-state index contributed by atoms with van der Waals surface area (Å²) in [5, 5.41) is 0. The zero-order chi connectivity index (χ0) is 11.5. The van der Waals surface area contributed by atoms with E-state index >= 15 is 0 Å². The van der Waals surface area contributed by atoms with E-state index in [1.165, 1.54) is 43.6 Å². The summed E-state index contributed by atoms with van der Waals surface area (Å²) in [6, 6.07) is 6.25. The van der Waals surface area contributed by atoms with Crippen LogP contribution in [0.15, 0.2) is 18.2 Å². The molecule has 0 spiro atoms. The third kappa shape index (κ3) is 2.49. The minimum absolute atomic E-state index is 0.865. The van der Waals surface area contributed by atoms with E-state index in [2.05, 4.69) is 30.9 Å². The van der Waals surface area contributed by atoms with Crippen LogP contribution in [0.4, 0.5) is 11.4 Å². The summed E-state index contributed by atoms with van der Waals surface area (Å²) >= 11 is 0. The zero-order valence-electron chi connectivity index (χ0n) is 10.4. The van der Waals surface area contributed by atoms with Crippen molar-refractivity contribution in [2.75, 3.05) is 23.7 Å². The molecule has 2 N–H and O–H groups in total. The molecule has 16 heavy (non-hydrogen) atoms. The average Bonchev–Trinajstić information content (AvgIpc) is 2.43. The Morgan fingerprint density at radius 3 is 2.81 bits per heavy atom. The van der Waals surface area contributed by atoms with Crippen LogP contribution in [0.2, 0.25) is 0 Å². The maximum Gasteiger partial charge on any atom is 0.0397 e. The monoisotopic (exact) mass is 218 g/mol. The number of nitrogens with zero attached hydrogens (tertiary/aromatic N) is 1. The van der Waals surface area contributed by atoms with Gasteiger partial charge in [-0.1, -0.05) is 6.92 Å². The Labute approximate surface area is 98.4 Å². The number of rotatable bonds is 1. The molecule has 1 aliphatic heterocycles. The lowest BCUT2D eigenvalue weighted by Crippen LogP contribution is -2.24. The molecule has 2 heteroatoms. The number of aryl methyl sites for hydroxylation is 1. The normalized spacial score (nSPS) is 21.9. The zero-order valence-corrected chi connectivity index (χ0v) is 10.4. The molecule has 1 saturated heterocycles. The van der Waals surface area contributed by atoms with Crippen LogP contribution in [-0.2, 0) is 0 Å². The highest BCUT2D eigenvalue weighted by atomic mass is 15.1. The van der Waals surface area contributed by atoms with Gasteiger partial charge < -0.3 is 10.6 Å². The second-order valence-electron chi connectivity index (χ2n) is 5.07. The molecule has 1 atom stereocenters. The Balaban J connectivity index is 2.16. The lowest BCUT2D eigenvalue weighted by molar-refractivity contribution is 0.521. The van der Waals surface area contributed by atoms with E-state index in [1.807, 2.05) is 6.07 Å². The second-order valence-corrected chi connectivity index (χ2v) is 5.07. The molecular formula is C14H22N2. The third-order valence-corrected chi connectivity index (χ3v) is 3.58. The molecule has 0 radical (unpaired) electrons. The van der Waals surface area contributed by atoms with Crippen molar-refractivity contribution in [3.63, 3.8) is 0 Å². The van der Waals surface area contributed by atoms with Crippen LogP contribution >= 0.6 is 0 Å². The standard InChI is InChI=1S/C14H22N2/c1-11-4-3-8-16(9-7-11)14-6-5-13(15)10-12(14)2/h5-6,10-11H,3-4,7-9,15H2,1-2H3. The first-order chi connectivity index (χ1) is 7.66. The molecule has 0 amide bonds. The molecule has 0 aromatic heterocycles. The molecule has 1 aliphatic rings. The van der Waals surface area contributed by atoms with Gasteiger partial charge in [-0.2, -0.15) is 0 Å². The second kappa shape index (κ2) is 4.77. The molecule has 88 valence electrons. The van der Waals surface area contributed by atoms with E-state index in [1.54, 1.807) is 0 Å². The van der Waals surface area contributed by atoms with Crippen molar-refractivity contribution >= 4 is 11.4 Å². The Kier molecular flexibility index (Phi) is 3.37. The van der Waals surface area contributed by atoms with Crippen molar-refractivity contribution in [2.45, 2.75) is 33.1 Å². The number of benzene rings is 1. The van der Waals surface area contributed by atoms with Crippen molar-refractivity contribution in [1.29, 1.82) is 0 Å². The van der Waals surface area contributed by atoms with Gasteiger partial charge in [0, 0.05) is 24.5 Å². The van der Waals surface area contributed by atoms with Crippen molar-refractivity contribution in [2.24, 2.45) is 5.92 Å². The van der Waals surface area contributed by atoms with Gasteiger partial charge in [-0.3, -0.25) is 0 Å². The van der Waals surface area contributed by atoms with Crippen LogP contribution < -0.4 is 10.6 Å². The summed E-state index contributed by atoms with van der Waals surface area (Å²) in [4.78, 5) is 2.51. The molecule has 2 rings (SSSR count). The smallest absolute Gasteiger partial charge is 0.0397 e. The topological polar surface area (TPSA) is 29.3 Å². The van der Waals surface area contributed by atoms with E-state index in [4.69, 9.17) is 5.73 Å². The number of nitrogen functional groups attached to an aromatic ring is 1. The summed E-state index contributed by atoms with van der Waals surface area (Å²) in [7, 11) is 0. The quantitative estimate of drug-likeness (QED) is 0.733. The first-order valence-electron chi connectivity index (χ1n) is 6.28. The summed E-state index contributed by atoms with van der Waals surface area (Å²) in [6.07, 6.45) is 3.99. The van der Waals surface area contributed by atoms with Crippen LogP contribution in [-0.4, -0.2) is 13.1 Å². The molecule has 1 heterocycles. The summed E-state index contributed by atoms with van der Waals surface area (Å²) in [5.41, 5.74) is 9.32. The summed E-state index contributed by atoms with van der Waals surface area (Å²) < 4.78 is 0. The highest BCUT2D eigenvalue weighted by Crippen LogP contribution is 2.26. The first-order valence-corrected chi connectivity index (χ1v) is 6.28. The first kappa shape index (κ1) is 11.3. The molecule has 0 aliphatic carbocycles. The maximum absolute atomic E-state index is 5.79. The Morgan fingerprint density at radius 1 is 1.25 bits per heavy atom. The van der Waals surface area contributed by atoms with E-state index in [0.717, 1.165) is 11.6 Å². The molecule has 0 bridgehead atoms. The van der Waals surface area contributed by atoms with Crippen molar-refractivity contribution in [1.82, 2.24) is 0 Å². The summed E-state index contributed by atoms with van der Waals surface area (Å²) in [5.74, 6) is 0.874. The molecule has 0 saturated carbocycles. The van der Waals surface area contributed by atoms with Crippen LogP contribution in [0.1, 0.15) is 31.7 Å². The van der Waals surface area contributed by atoms with Crippen LogP contribution in [0.5, 0.6) is 0 Å². The molecule has 1 aromatic carbocycles. The highest BCUT2D eigenvalue weighted by Gasteiger charge is 2.15. The third-order valence-electron chi connectivity index (χ3n) is 3.58. The van der Waals surface area contributed by atoms with Gasteiger partial charge >= 0.3 is 0 Å². The number of nitrogens with two attached hydrogens (primary N) is 1. The van der Waals surface area contributed by atoms with Crippen molar-refractivity contribution in [3.8, 4) is 0 Å². The minimum Gasteiger partial charge on any atom is -0.399 e. The SMILES string of the molecule is Cc1cc(N)ccc1N1CCCC(C)CC1. The van der Waals surface area contributed by atoms with E-state index in [-0.39, 0.29) is 0 Å². The fourth-order valence-corrected chi connectivity index (χ4v) is 2.54. The lowest BCUT2D eigenvalue weighted by Gasteiger charge is -2.24. The van der Waals surface area contributed by atoms with Gasteiger partial charge in [0.2, 0.25) is 0 Å². The average molecular weight is 218 g/mol. The van der Waals surface area contributed by atoms with E-state index in [0.29, 0.717) is 0 Å². The van der Waals surface area contributed by atoms with E-state index < -0.39 is 0 Å². The van der Waals surface area contributed by atoms with Gasteiger partial charge in [0.05, 0.1) is 0 Å². The largest absolute Gasteiger partial charge is 0.399 e. The highest BCUT2D eigenvalue weighted by molar-refractivity contribution is 5.59. The fourth-order valence-electron chi connectivity index (χ4n) is 2.54. The Hall–Kier alpha value is -1.18. The molecule has 1 unspecified atom stereocenters. The van der Waals surface area contributed by atoms with Crippen molar-refractivity contribution < 1.29 is 0 Å². The van der Waals surface area contributed by atoms with Gasteiger partial charge in [-0.25, -0.2) is 0 Å². The van der Waals surface area contributed by atoms with Gasteiger partial charge in [0.25, 0.3) is 0 Å². The number of anilines is 2. The molecule has 1 fully saturated rings. The van der Waals surface area contributed by atoms with Crippen LogP contribution in [0.25, 0.3) is 0 Å². The predicted molar refractivity (Wildman–Crippen MR) is 70.8 cm³/mol. The minimum atomic E-state index is 0.865. The van der Waals surface area contributed by atoms with Crippen molar-refractivity contribution in [3.05, 3.63) is 23.8 Å². The lowest BCUT2D eigenvalue weighted by atomic mass is 10.0. The van der Waals surface area contributed by atoms with Gasteiger partial charge in [0.1, 0.15) is 0 Å². The number of hydrogen-bond acceptors (Lipinski definition) is 2. The van der Waals surface area contributed by atoms with Gasteiger partial charge in [0.15, 0.2) is 0 Å².